The third-order valence-corrected chi connectivity index (χ3v) is 6.70. The van der Waals surface area contributed by atoms with Gasteiger partial charge in [0.1, 0.15) is 10.7 Å². The van der Waals surface area contributed by atoms with Gasteiger partial charge in [-0.25, -0.2) is 9.69 Å². The molecule has 1 heterocycles. The van der Waals surface area contributed by atoms with Crippen LogP contribution < -0.4 is 15.5 Å². The fourth-order valence-electron chi connectivity index (χ4n) is 4.01. The Labute approximate surface area is 238 Å². The molecule has 0 unspecified atom stereocenters. The fourth-order valence-corrected chi connectivity index (χ4v) is 4.23. The molecule has 0 radical (unpaired) electrons. The molecule has 0 saturated carbocycles. The Balaban J connectivity index is 1.43. The summed E-state index contributed by atoms with van der Waals surface area (Å²) >= 11 is 6.26. The summed E-state index contributed by atoms with van der Waals surface area (Å²) in [4.78, 5) is 52.0. The van der Waals surface area contributed by atoms with E-state index < -0.39 is 17.8 Å². The van der Waals surface area contributed by atoms with Crippen LogP contribution in [0.2, 0.25) is 0 Å². The Morgan fingerprint density at radius 1 is 0.900 bits per heavy atom. The number of rotatable bonds is 10. The summed E-state index contributed by atoms with van der Waals surface area (Å²) in [5, 5.41) is 5.46. The van der Waals surface area contributed by atoms with E-state index in [2.05, 4.69) is 24.5 Å². The number of anilines is 3. The first-order valence-corrected chi connectivity index (χ1v) is 13.4. The molecule has 9 heteroatoms. The van der Waals surface area contributed by atoms with Crippen LogP contribution in [0.3, 0.4) is 0 Å². The van der Waals surface area contributed by atoms with Gasteiger partial charge >= 0.3 is 5.97 Å². The van der Waals surface area contributed by atoms with Crippen molar-refractivity contribution in [2.24, 2.45) is 0 Å². The number of imide groups is 1. The molecule has 1 aliphatic heterocycles. The Morgan fingerprint density at radius 3 is 2.23 bits per heavy atom. The third kappa shape index (κ3) is 6.40. The molecule has 4 rings (SSSR count). The quantitative estimate of drug-likeness (QED) is 0.168. The van der Waals surface area contributed by atoms with Gasteiger partial charge in [0.15, 0.2) is 0 Å². The minimum Gasteiger partial charge on any atom is -0.462 e. The first-order valence-electron chi connectivity index (χ1n) is 13.0. The molecule has 0 aliphatic carbocycles. The molecule has 0 spiro atoms. The van der Waals surface area contributed by atoms with Gasteiger partial charge < -0.3 is 15.4 Å². The second-order valence-corrected chi connectivity index (χ2v) is 9.99. The number of hydrogen-bond donors (Lipinski definition) is 2. The zero-order valence-electron chi connectivity index (χ0n) is 22.5. The highest BCUT2D eigenvalue weighted by atomic mass is 35.5. The summed E-state index contributed by atoms with van der Waals surface area (Å²) in [6.07, 6.45) is 1.62. The summed E-state index contributed by atoms with van der Waals surface area (Å²) in [6.45, 7) is 6.48. The lowest BCUT2D eigenvalue weighted by Crippen LogP contribution is -2.32. The van der Waals surface area contributed by atoms with E-state index in [-0.39, 0.29) is 34.5 Å². The van der Waals surface area contributed by atoms with Crippen molar-refractivity contribution in [1.29, 1.82) is 0 Å². The molecule has 1 aliphatic rings. The van der Waals surface area contributed by atoms with Crippen LogP contribution >= 0.6 is 11.6 Å². The van der Waals surface area contributed by atoms with Crippen LogP contribution in [0.4, 0.5) is 17.1 Å². The monoisotopic (exact) mass is 559 g/mol. The van der Waals surface area contributed by atoms with Crippen LogP contribution in [0.1, 0.15) is 65.8 Å². The molecule has 3 aromatic carbocycles. The van der Waals surface area contributed by atoms with Crippen LogP contribution in [0, 0.1) is 0 Å². The molecule has 0 atom stereocenters. The third-order valence-electron chi connectivity index (χ3n) is 6.35. The van der Waals surface area contributed by atoms with Gasteiger partial charge in [-0.15, -0.1) is 0 Å². The summed E-state index contributed by atoms with van der Waals surface area (Å²) in [6, 6.07) is 20.2. The van der Waals surface area contributed by atoms with Crippen molar-refractivity contribution in [2.45, 2.75) is 39.5 Å². The van der Waals surface area contributed by atoms with E-state index >= 15 is 0 Å². The lowest BCUT2D eigenvalue weighted by molar-refractivity contribution is -0.120. The van der Waals surface area contributed by atoms with Gasteiger partial charge in [0.2, 0.25) is 0 Å². The normalized spacial score (nSPS) is 13.2. The van der Waals surface area contributed by atoms with Crippen molar-refractivity contribution >= 4 is 52.4 Å². The van der Waals surface area contributed by atoms with Crippen LogP contribution in [0.15, 0.2) is 83.5 Å². The summed E-state index contributed by atoms with van der Waals surface area (Å²) in [5.41, 5.74) is 3.04. The number of carbonyl (C=O) groups excluding carboxylic acids is 4. The van der Waals surface area contributed by atoms with Crippen molar-refractivity contribution in [1.82, 2.24) is 0 Å². The van der Waals surface area contributed by atoms with E-state index in [0.29, 0.717) is 22.9 Å². The van der Waals surface area contributed by atoms with Crippen LogP contribution in [-0.4, -0.2) is 30.3 Å². The second-order valence-electron chi connectivity index (χ2n) is 9.61. The van der Waals surface area contributed by atoms with Crippen LogP contribution in [0.5, 0.6) is 0 Å². The highest BCUT2D eigenvalue weighted by molar-refractivity contribution is 6.53. The second kappa shape index (κ2) is 12.6. The minimum atomic E-state index is -0.717. The number of nitrogens with one attached hydrogen (secondary N) is 2. The van der Waals surface area contributed by atoms with E-state index in [0.717, 1.165) is 17.7 Å². The van der Waals surface area contributed by atoms with Gasteiger partial charge in [-0.1, -0.05) is 57.0 Å². The Hall–Kier alpha value is -4.43. The highest BCUT2D eigenvalue weighted by Gasteiger charge is 2.39. The average molecular weight is 560 g/mol. The van der Waals surface area contributed by atoms with Gasteiger partial charge in [-0.3, -0.25) is 14.4 Å². The van der Waals surface area contributed by atoms with Gasteiger partial charge in [0.05, 0.1) is 17.9 Å². The predicted molar refractivity (Wildman–Crippen MR) is 156 cm³/mol. The molecule has 3 aromatic rings. The Bertz CT molecular complexity index is 1460. The number of unbranched alkanes of at least 4 members (excludes halogenated alkanes) is 1. The lowest BCUT2D eigenvalue weighted by Gasteiger charge is -2.16. The number of nitrogens with zero attached hydrogens (tertiary/aromatic N) is 1. The van der Waals surface area contributed by atoms with E-state index in [9.17, 15) is 19.2 Å². The standard InChI is InChI=1S/C31H30ClN3O5/c1-4-5-17-40-31(39)22-7-6-8-25(18-22)35-29(37)26(32)27(30(35)38)33-23-15-11-21(12-16-23)28(36)34-24-13-9-20(10-14-24)19(2)3/h6-16,18-19,33H,4-5,17H2,1-3H3,(H,34,36). The molecule has 206 valence electrons. The van der Waals surface area contributed by atoms with Gasteiger partial charge in [0, 0.05) is 16.9 Å². The average Bonchev–Trinajstić information content (AvgIpc) is 3.16. The molecule has 0 saturated heterocycles. The van der Waals surface area contributed by atoms with Gasteiger partial charge in [-0.2, -0.15) is 0 Å². The Morgan fingerprint density at radius 2 is 1.57 bits per heavy atom. The molecular weight excluding hydrogens is 530 g/mol. The van der Waals surface area contributed by atoms with Gasteiger partial charge in [-0.05, 0) is 72.5 Å². The van der Waals surface area contributed by atoms with Crippen LogP contribution in [0.25, 0.3) is 0 Å². The molecular formula is C31H30ClN3O5. The number of ether oxygens (including phenoxy) is 1. The summed E-state index contributed by atoms with van der Waals surface area (Å²) < 4.78 is 5.23. The van der Waals surface area contributed by atoms with Gasteiger partial charge in [0.25, 0.3) is 17.7 Å². The molecule has 0 fully saturated rings. The van der Waals surface area contributed by atoms with E-state index in [4.69, 9.17) is 16.3 Å². The zero-order valence-corrected chi connectivity index (χ0v) is 23.2. The SMILES string of the molecule is CCCCOC(=O)c1cccc(N2C(=O)C(Cl)=C(Nc3ccc(C(=O)Nc4ccc(C(C)C)cc4)cc3)C2=O)c1. The van der Waals surface area contributed by atoms with Crippen molar-refractivity contribution in [2.75, 3.05) is 22.1 Å². The topological polar surface area (TPSA) is 105 Å². The van der Waals surface area contributed by atoms with Crippen molar-refractivity contribution in [3.8, 4) is 0 Å². The van der Waals surface area contributed by atoms with E-state index in [1.165, 1.54) is 17.7 Å². The molecule has 0 bridgehead atoms. The number of esters is 1. The number of amides is 3. The molecule has 3 amide bonds. The lowest BCUT2D eigenvalue weighted by atomic mass is 10.0. The summed E-state index contributed by atoms with van der Waals surface area (Å²) in [7, 11) is 0. The maximum atomic E-state index is 13.2. The predicted octanol–water partition coefficient (Wildman–Crippen LogP) is 6.45. The highest BCUT2D eigenvalue weighted by Crippen LogP contribution is 2.31. The maximum Gasteiger partial charge on any atom is 0.338 e. The molecule has 2 N–H and O–H groups in total. The summed E-state index contributed by atoms with van der Waals surface area (Å²) in [5.74, 6) is -1.81. The number of benzene rings is 3. The largest absolute Gasteiger partial charge is 0.462 e. The first kappa shape index (κ1) is 28.6. The number of carbonyl (C=O) groups is 4. The first-order chi connectivity index (χ1) is 19.2. The number of hydrogen-bond acceptors (Lipinski definition) is 6. The Kier molecular flexibility index (Phi) is 9.01. The smallest absolute Gasteiger partial charge is 0.338 e. The van der Waals surface area contributed by atoms with Crippen LogP contribution in [-0.2, 0) is 14.3 Å². The minimum absolute atomic E-state index is 0.106. The van der Waals surface area contributed by atoms with Crippen molar-refractivity contribution in [3.05, 3.63) is 100 Å². The zero-order chi connectivity index (χ0) is 28.8. The number of halogens is 1. The van der Waals surface area contributed by atoms with E-state index in [1.54, 1.807) is 36.4 Å². The van der Waals surface area contributed by atoms with Crippen molar-refractivity contribution < 1.29 is 23.9 Å². The molecule has 40 heavy (non-hydrogen) atoms. The van der Waals surface area contributed by atoms with E-state index in [1.807, 2.05) is 31.2 Å². The molecule has 0 aromatic heterocycles. The molecule has 8 nitrogen and oxygen atoms in total. The van der Waals surface area contributed by atoms with Crippen molar-refractivity contribution in [3.63, 3.8) is 0 Å². The maximum absolute atomic E-state index is 13.2. The fraction of sp³-hybridized carbons (Fsp3) is 0.226.